The molecule has 1 heterocycles. The van der Waals surface area contributed by atoms with E-state index in [4.69, 9.17) is 17.2 Å². The summed E-state index contributed by atoms with van der Waals surface area (Å²) >= 11 is 0. The van der Waals surface area contributed by atoms with Crippen molar-refractivity contribution >= 4 is 40.5 Å². The van der Waals surface area contributed by atoms with Crippen LogP contribution in [0.3, 0.4) is 0 Å². The topological polar surface area (TPSA) is 256 Å². The van der Waals surface area contributed by atoms with Gasteiger partial charge in [-0.15, -0.1) is 0 Å². The molecule has 2 rings (SSSR count). The molecule has 4 atom stereocenters. The van der Waals surface area contributed by atoms with Gasteiger partial charge < -0.3 is 48.3 Å². The average molecular weight is 548 g/mol. The quantitative estimate of drug-likeness (QED) is 0.0987. The maximum absolute atomic E-state index is 13.0. The Labute approximate surface area is 225 Å². The smallest absolute Gasteiger partial charge is 0.326 e. The number of rotatable bonds is 17. The number of aliphatic hydroxyl groups is 1. The third kappa shape index (κ3) is 9.67. The first-order valence-electron chi connectivity index (χ1n) is 12.6. The van der Waals surface area contributed by atoms with E-state index < -0.39 is 60.4 Å². The van der Waals surface area contributed by atoms with E-state index in [0.717, 1.165) is 16.5 Å². The van der Waals surface area contributed by atoms with Crippen LogP contribution in [0, 0.1) is 0 Å². The number of carbonyl (C=O) groups is 5. The van der Waals surface area contributed by atoms with Crippen LogP contribution in [0.1, 0.15) is 37.7 Å². The zero-order valence-electron chi connectivity index (χ0n) is 21.5. The van der Waals surface area contributed by atoms with E-state index in [9.17, 15) is 34.2 Å². The Hall–Kier alpha value is -4.01. The minimum atomic E-state index is -1.51. The number of aromatic nitrogens is 1. The molecule has 0 saturated heterocycles. The number of carbonyl (C=O) groups excluding carboxylic acids is 4. The Balaban J connectivity index is 2.06. The van der Waals surface area contributed by atoms with Gasteiger partial charge in [-0.05, 0) is 50.3 Å². The minimum Gasteiger partial charge on any atom is -0.480 e. The van der Waals surface area contributed by atoms with E-state index in [-0.39, 0.29) is 25.7 Å². The van der Waals surface area contributed by atoms with Gasteiger partial charge in [0.25, 0.3) is 0 Å². The molecule has 39 heavy (non-hydrogen) atoms. The van der Waals surface area contributed by atoms with Gasteiger partial charge in [0.2, 0.25) is 23.6 Å². The molecule has 0 bridgehead atoms. The van der Waals surface area contributed by atoms with E-state index in [1.165, 1.54) is 0 Å². The highest BCUT2D eigenvalue weighted by molar-refractivity contribution is 5.94. The van der Waals surface area contributed by atoms with Crippen LogP contribution < -0.4 is 33.2 Å². The van der Waals surface area contributed by atoms with Crippen molar-refractivity contribution in [3.8, 4) is 0 Å². The number of para-hydroxylation sites is 1. The number of aliphatic hydroxyl groups excluding tert-OH is 1. The molecule has 0 fully saturated rings. The Bertz CT molecular complexity index is 1150. The zero-order chi connectivity index (χ0) is 28.9. The van der Waals surface area contributed by atoms with Crippen molar-refractivity contribution in [1.29, 1.82) is 0 Å². The fourth-order valence-electron chi connectivity index (χ4n) is 3.95. The van der Waals surface area contributed by atoms with Gasteiger partial charge in [0.15, 0.2) is 0 Å². The highest BCUT2D eigenvalue weighted by atomic mass is 16.4. The van der Waals surface area contributed by atoms with Crippen LogP contribution >= 0.6 is 0 Å². The lowest BCUT2D eigenvalue weighted by Crippen LogP contribution is -2.58. The van der Waals surface area contributed by atoms with Crippen molar-refractivity contribution < 1.29 is 34.2 Å². The van der Waals surface area contributed by atoms with Crippen molar-refractivity contribution in [2.75, 3.05) is 13.2 Å². The van der Waals surface area contributed by atoms with Gasteiger partial charge >= 0.3 is 5.97 Å². The van der Waals surface area contributed by atoms with E-state index in [1.807, 2.05) is 24.3 Å². The van der Waals surface area contributed by atoms with Crippen molar-refractivity contribution in [2.24, 2.45) is 17.2 Å². The first-order valence-corrected chi connectivity index (χ1v) is 12.6. The number of carboxylic acids is 1. The number of H-pyrrole nitrogens is 1. The first kappa shape index (κ1) is 31.2. The van der Waals surface area contributed by atoms with Gasteiger partial charge in [0, 0.05) is 23.5 Å². The number of amides is 4. The molecule has 0 saturated carbocycles. The number of benzene rings is 1. The SMILES string of the molecule is NCCCCC(NC(=O)C(N)Cc1c[nH]c2ccccc12)C(=O)NC(CO)C(=O)NC(CCC(N)=O)C(=O)O. The Kier molecular flexibility index (Phi) is 12.3. The highest BCUT2D eigenvalue weighted by Crippen LogP contribution is 2.19. The molecule has 14 nitrogen and oxygen atoms in total. The number of hydrogen-bond donors (Lipinski definition) is 9. The molecule has 14 heteroatoms. The number of nitrogens with two attached hydrogens (primary N) is 3. The van der Waals surface area contributed by atoms with Gasteiger partial charge in [-0.1, -0.05) is 18.2 Å². The first-order chi connectivity index (χ1) is 18.6. The van der Waals surface area contributed by atoms with Crippen molar-refractivity contribution in [3.05, 3.63) is 36.0 Å². The van der Waals surface area contributed by atoms with Gasteiger partial charge in [0.05, 0.1) is 12.6 Å². The molecule has 0 spiro atoms. The number of carboxylic acid groups (broad SMARTS) is 1. The molecule has 12 N–H and O–H groups in total. The number of aromatic amines is 1. The molecule has 0 aliphatic heterocycles. The molecule has 2 aromatic rings. The van der Waals surface area contributed by atoms with Gasteiger partial charge in [-0.3, -0.25) is 19.2 Å². The van der Waals surface area contributed by atoms with Crippen LogP contribution in [0.25, 0.3) is 10.9 Å². The van der Waals surface area contributed by atoms with Gasteiger partial charge in [0.1, 0.15) is 18.1 Å². The summed E-state index contributed by atoms with van der Waals surface area (Å²) in [5.74, 6) is -4.50. The zero-order valence-corrected chi connectivity index (χ0v) is 21.5. The number of nitrogens with one attached hydrogen (secondary N) is 4. The summed E-state index contributed by atoms with van der Waals surface area (Å²) in [4.78, 5) is 64.0. The average Bonchev–Trinajstić information content (AvgIpc) is 3.31. The highest BCUT2D eigenvalue weighted by Gasteiger charge is 2.30. The Morgan fingerprint density at radius 3 is 2.18 bits per heavy atom. The van der Waals surface area contributed by atoms with Crippen LogP contribution in [-0.4, -0.2) is 82.1 Å². The molecule has 0 aliphatic rings. The summed E-state index contributed by atoms with van der Waals surface area (Å²) in [5.41, 5.74) is 18.4. The Morgan fingerprint density at radius 2 is 1.54 bits per heavy atom. The third-order valence-corrected chi connectivity index (χ3v) is 6.14. The predicted octanol–water partition coefficient (Wildman–Crippen LogP) is -2.04. The lowest BCUT2D eigenvalue weighted by atomic mass is 10.0. The Morgan fingerprint density at radius 1 is 0.897 bits per heavy atom. The van der Waals surface area contributed by atoms with E-state index in [0.29, 0.717) is 19.4 Å². The second kappa shape index (κ2) is 15.4. The van der Waals surface area contributed by atoms with Crippen LogP contribution in [0.2, 0.25) is 0 Å². The molecule has 1 aromatic heterocycles. The van der Waals surface area contributed by atoms with E-state index in [1.54, 1.807) is 6.20 Å². The second-order valence-electron chi connectivity index (χ2n) is 9.16. The largest absolute Gasteiger partial charge is 0.480 e. The minimum absolute atomic E-state index is 0.185. The summed E-state index contributed by atoms with van der Waals surface area (Å²) in [6.45, 7) is -0.477. The summed E-state index contributed by atoms with van der Waals surface area (Å²) < 4.78 is 0. The summed E-state index contributed by atoms with van der Waals surface area (Å²) in [6, 6.07) is 2.50. The maximum atomic E-state index is 13.0. The number of aliphatic carboxylic acids is 1. The van der Waals surface area contributed by atoms with Crippen molar-refractivity contribution in [1.82, 2.24) is 20.9 Å². The molecule has 214 valence electrons. The monoisotopic (exact) mass is 547 g/mol. The molecular weight excluding hydrogens is 510 g/mol. The number of hydrogen-bond acceptors (Lipinski definition) is 8. The van der Waals surface area contributed by atoms with Gasteiger partial charge in [-0.25, -0.2) is 4.79 Å². The molecule has 0 radical (unpaired) electrons. The molecule has 0 aliphatic carbocycles. The van der Waals surface area contributed by atoms with Crippen molar-refractivity contribution in [3.63, 3.8) is 0 Å². The maximum Gasteiger partial charge on any atom is 0.326 e. The van der Waals surface area contributed by atoms with Crippen LogP contribution in [0.4, 0.5) is 0 Å². The predicted molar refractivity (Wildman–Crippen MR) is 142 cm³/mol. The van der Waals surface area contributed by atoms with Crippen LogP contribution in [0.15, 0.2) is 30.5 Å². The van der Waals surface area contributed by atoms with E-state index in [2.05, 4.69) is 20.9 Å². The number of primary amides is 1. The lowest BCUT2D eigenvalue weighted by molar-refractivity contribution is -0.143. The molecular formula is C25H37N7O7. The summed E-state index contributed by atoms with van der Waals surface area (Å²) in [7, 11) is 0. The van der Waals surface area contributed by atoms with Gasteiger partial charge in [-0.2, -0.15) is 0 Å². The lowest BCUT2D eigenvalue weighted by Gasteiger charge is -2.24. The van der Waals surface area contributed by atoms with Crippen molar-refractivity contribution in [2.45, 2.75) is 62.7 Å². The summed E-state index contributed by atoms with van der Waals surface area (Å²) in [6.07, 6.45) is 2.65. The molecule has 4 unspecified atom stereocenters. The second-order valence-corrected chi connectivity index (χ2v) is 9.16. The standard InChI is InChI=1S/C25H37N7O7/c26-10-4-3-7-18(30-22(35)16(27)11-14-12-29-17-6-2-1-5-15(14)17)23(36)32-20(13-33)24(37)31-19(25(38)39)8-9-21(28)34/h1-2,5-6,12,16,18-20,29,33H,3-4,7-11,13,26-27H2,(H2,28,34)(H,30,35)(H,31,37)(H,32,36)(H,38,39). The fourth-order valence-corrected chi connectivity index (χ4v) is 3.95. The normalized spacial score (nSPS) is 14.1. The number of unbranched alkanes of at least 4 members (excludes halogenated alkanes) is 1. The van der Waals surface area contributed by atoms with Crippen LogP contribution in [-0.2, 0) is 30.4 Å². The molecule has 4 amide bonds. The number of fused-ring (bicyclic) bond motifs is 1. The third-order valence-electron chi connectivity index (χ3n) is 6.14. The fraction of sp³-hybridized carbons (Fsp3) is 0.480. The van der Waals surface area contributed by atoms with E-state index >= 15 is 0 Å². The molecule has 1 aromatic carbocycles. The van der Waals surface area contributed by atoms with Crippen LogP contribution in [0.5, 0.6) is 0 Å². The summed E-state index contributed by atoms with van der Waals surface area (Å²) in [5, 5.41) is 27.0.